The number of nitrogens with zero attached hydrogens (tertiary/aromatic N) is 1. The Morgan fingerprint density at radius 2 is 1.72 bits per heavy atom. The third kappa shape index (κ3) is 8.34. The largest absolute Gasteiger partial charge is 0.409 e. The number of rotatable bonds is 11. The quantitative estimate of drug-likeness (QED) is 0.175. The third-order valence-electron chi connectivity index (χ3n) is 3.44. The lowest BCUT2D eigenvalue weighted by molar-refractivity contribution is 0.305. The van der Waals surface area contributed by atoms with Crippen LogP contribution in [0.5, 0.6) is 0 Å². The van der Waals surface area contributed by atoms with Gasteiger partial charge in [0.05, 0.1) is 0 Å². The lowest BCUT2D eigenvalue weighted by atomic mass is 9.88. The Morgan fingerprint density at radius 3 is 2.33 bits per heavy atom. The summed E-state index contributed by atoms with van der Waals surface area (Å²) in [5.41, 5.74) is 5.40. The van der Waals surface area contributed by atoms with Gasteiger partial charge in [-0.2, -0.15) is 0 Å². The van der Waals surface area contributed by atoms with Crippen molar-refractivity contribution in [2.24, 2.45) is 16.3 Å². The van der Waals surface area contributed by atoms with E-state index >= 15 is 0 Å². The monoisotopic (exact) mass is 257 g/mol. The number of oxime groups is 1. The van der Waals surface area contributed by atoms with Crippen molar-refractivity contribution in [3.8, 4) is 0 Å². The van der Waals surface area contributed by atoms with Crippen LogP contribution in [-0.4, -0.2) is 24.1 Å². The Bertz CT molecular complexity index is 227. The second kappa shape index (κ2) is 10.2. The first kappa shape index (κ1) is 17.2. The number of amidine groups is 1. The van der Waals surface area contributed by atoms with Crippen molar-refractivity contribution >= 4 is 5.84 Å². The normalized spacial score (nSPS) is 12.9. The minimum Gasteiger partial charge on any atom is -0.409 e. The summed E-state index contributed by atoms with van der Waals surface area (Å²) in [5.74, 6) is 0.309. The van der Waals surface area contributed by atoms with Gasteiger partial charge in [0.25, 0.3) is 0 Å². The van der Waals surface area contributed by atoms with Gasteiger partial charge in [-0.25, -0.2) is 0 Å². The second-order valence-electron chi connectivity index (χ2n) is 5.64. The van der Waals surface area contributed by atoms with Crippen LogP contribution < -0.4 is 11.1 Å². The van der Waals surface area contributed by atoms with E-state index in [9.17, 15) is 0 Å². The molecule has 0 saturated carbocycles. The van der Waals surface area contributed by atoms with E-state index < -0.39 is 0 Å². The molecule has 0 aromatic carbocycles. The molecule has 0 aromatic rings. The van der Waals surface area contributed by atoms with Gasteiger partial charge in [-0.1, -0.05) is 58.0 Å². The molecule has 4 heteroatoms. The highest BCUT2D eigenvalue weighted by molar-refractivity contribution is 5.85. The molecule has 0 heterocycles. The van der Waals surface area contributed by atoms with Gasteiger partial charge in [0.15, 0.2) is 0 Å². The molecule has 0 unspecified atom stereocenters. The maximum Gasteiger partial charge on any atom is 0.144 e. The van der Waals surface area contributed by atoms with Crippen molar-refractivity contribution in [2.75, 3.05) is 13.1 Å². The summed E-state index contributed by atoms with van der Waals surface area (Å²) < 4.78 is 0. The molecule has 0 rings (SSSR count). The van der Waals surface area contributed by atoms with E-state index in [1.807, 2.05) is 13.8 Å². The van der Waals surface area contributed by atoms with Crippen LogP contribution in [0.15, 0.2) is 5.16 Å². The molecule has 0 atom stereocenters. The summed E-state index contributed by atoms with van der Waals surface area (Å²) in [4.78, 5) is 0. The van der Waals surface area contributed by atoms with E-state index in [2.05, 4.69) is 17.4 Å². The fourth-order valence-electron chi connectivity index (χ4n) is 1.82. The molecule has 0 bridgehead atoms. The van der Waals surface area contributed by atoms with Crippen LogP contribution in [-0.2, 0) is 0 Å². The number of nitrogens with two attached hydrogens (primary N) is 1. The molecule has 0 fully saturated rings. The minimum absolute atomic E-state index is 0.233. The van der Waals surface area contributed by atoms with Gasteiger partial charge in [0.1, 0.15) is 5.84 Å². The van der Waals surface area contributed by atoms with Crippen LogP contribution in [0.2, 0.25) is 0 Å². The molecule has 0 aliphatic carbocycles. The summed E-state index contributed by atoms with van der Waals surface area (Å²) in [7, 11) is 0. The molecule has 0 saturated heterocycles. The van der Waals surface area contributed by atoms with Crippen LogP contribution in [0.3, 0.4) is 0 Å². The number of hydrogen-bond donors (Lipinski definition) is 3. The first-order chi connectivity index (χ1) is 8.54. The summed E-state index contributed by atoms with van der Waals surface area (Å²) >= 11 is 0. The Labute approximate surface area is 112 Å². The van der Waals surface area contributed by atoms with E-state index in [0.717, 1.165) is 19.5 Å². The lowest BCUT2D eigenvalue weighted by Crippen LogP contribution is -2.35. The molecule has 0 aliphatic heterocycles. The van der Waals surface area contributed by atoms with Crippen molar-refractivity contribution < 1.29 is 5.21 Å². The highest BCUT2D eigenvalue weighted by Crippen LogP contribution is 2.19. The van der Waals surface area contributed by atoms with Gasteiger partial charge in [0.2, 0.25) is 0 Å². The average molecular weight is 257 g/mol. The molecule has 18 heavy (non-hydrogen) atoms. The molecule has 0 aromatic heterocycles. The highest BCUT2D eigenvalue weighted by atomic mass is 16.4. The number of hydrogen-bond acceptors (Lipinski definition) is 3. The number of nitrogens with one attached hydrogen (secondary N) is 1. The molecule has 0 radical (unpaired) electrons. The first-order valence-electron chi connectivity index (χ1n) is 7.23. The van der Waals surface area contributed by atoms with E-state index in [-0.39, 0.29) is 5.41 Å². The van der Waals surface area contributed by atoms with E-state index in [1.165, 1.54) is 38.5 Å². The summed E-state index contributed by atoms with van der Waals surface area (Å²) in [6.45, 7) is 8.21. The summed E-state index contributed by atoms with van der Waals surface area (Å²) in [6, 6.07) is 0. The van der Waals surface area contributed by atoms with Crippen molar-refractivity contribution in [1.82, 2.24) is 5.32 Å². The predicted octanol–water partition coefficient (Wildman–Crippen LogP) is 3.10. The topological polar surface area (TPSA) is 70.6 Å². The Morgan fingerprint density at radius 1 is 1.11 bits per heavy atom. The molecule has 108 valence electrons. The third-order valence-corrected chi connectivity index (χ3v) is 3.44. The first-order valence-corrected chi connectivity index (χ1v) is 7.23. The SMILES string of the molecule is CCCCCCCCNCCC(C)(C)C(N)=NO. The zero-order valence-electron chi connectivity index (χ0n) is 12.3. The molecular formula is C14H31N3O. The van der Waals surface area contributed by atoms with E-state index in [4.69, 9.17) is 10.9 Å². The molecule has 0 spiro atoms. The Balaban J connectivity index is 3.40. The van der Waals surface area contributed by atoms with Crippen LogP contribution in [0, 0.1) is 5.41 Å². The standard InChI is InChI=1S/C14H31N3O/c1-4-5-6-7-8-9-11-16-12-10-14(2,3)13(15)17-18/h16,18H,4-12H2,1-3H3,(H2,15,17). The van der Waals surface area contributed by atoms with Crippen molar-refractivity contribution in [1.29, 1.82) is 0 Å². The molecule has 0 aliphatic rings. The molecule has 4 N–H and O–H groups in total. The zero-order valence-corrected chi connectivity index (χ0v) is 12.3. The highest BCUT2D eigenvalue weighted by Gasteiger charge is 2.22. The van der Waals surface area contributed by atoms with Crippen molar-refractivity contribution in [3.63, 3.8) is 0 Å². The fraction of sp³-hybridized carbons (Fsp3) is 0.929. The van der Waals surface area contributed by atoms with Crippen LogP contribution >= 0.6 is 0 Å². The van der Waals surface area contributed by atoms with E-state index in [1.54, 1.807) is 0 Å². The molecular weight excluding hydrogens is 226 g/mol. The van der Waals surface area contributed by atoms with Gasteiger partial charge in [0, 0.05) is 5.41 Å². The Kier molecular flexibility index (Phi) is 9.74. The zero-order chi connectivity index (χ0) is 13.9. The Hall–Kier alpha value is -0.770. The van der Waals surface area contributed by atoms with E-state index in [0.29, 0.717) is 5.84 Å². The lowest BCUT2D eigenvalue weighted by Gasteiger charge is -2.22. The number of unbranched alkanes of at least 4 members (excludes halogenated alkanes) is 5. The smallest absolute Gasteiger partial charge is 0.144 e. The fourth-order valence-corrected chi connectivity index (χ4v) is 1.82. The van der Waals surface area contributed by atoms with Gasteiger partial charge < -0.3 is 16.3 Å². The second-order valence-corrected chi connectivity index (χ2v) is 5.64. The van der Waals surface area contributed by atoms with Crippen LogP contribution in [0.1, 0.15) is 65.7 Å². The van der Waals surface area contributed by atoms with Crippen molar-refractivity contribution in [3.05, 3.63) is 0 Å². The summed E-state index contributed by atoms with van der Waals surface area (Å²) in [6.07, 6.45) is 8.84. The van der Waals surface area contributed by atoms with Crippen LogP contribution in [0.25, 0.3) is 0 Å². The summed E-state index contributed by atoms with van der Waals surface area (Å²) in [5, 5.41) is 15.2. The van der Waals surface area contributed by atoms with Gasteiger partial charge in [-0.05, 0) is 25.9 Å². The maximum absolute atomic E-state index is 8.66. The van der Waals surface area contributed by atoms with Gasteiger partial charge in [-0.3, -0.25) is 0 Å². The minimum atomic E-state index is -0.233. The molecule has 0 amide bonds. The van der Waals surface area contributed by atoms with Crippen molar-refractivity contribution in [2.45, 2.75) is 65.7 Å². The molecule has 4 nitrogen and oxygen atoms in total. The average Bonchev–Trinajstić information content (AvgIpc) is 2.35. The maximum atomic E-state index is 8.66. The van der Waals surface area contributed by atoms with Gasteiger partial charge >= 0.3 is 0 Å². The van der Waals surface area contributed by atoms with Crippen LogP contribution in [0.4, 0.5) is 0 Å². The van der Waals surface area contributed by atoms with Gasteiger partial charge in [-0.15, -0.1) is 0 Å². The predicted molar refractivity (Wildman–Crippen MR) is 78.1 cm³/mol.